The maximum absolute atomic E-state index is 12.8. The number of nitrogens with one attached hydrogen (secondary N) is 3. The minimum absolute atomic E-state index is 0.0814. The smallest absolute Gasteiger partial charge is 0.330 e. The van der Waals surface area contributed by atoms with Crippen LogP contribution in [0.5, 0.6) is 0 Å². The number of urea groups is 1. The Hall–Kier alpha value is -2.46. The number of benzene rings is 1. The van der Waals surface area contributed by atoms with Crippen molar-refractivity contribution in [3.63, 3.8) is 0 Å². The van der Waals surface area contributed by atoms with Gasteiger partial charge in [0.05, 0.1) is 15.6 Å². The molecule has 1 saturated carbocycles. The van der Waals surface area contributed by atoms with Crippen LogP contribution < -0.4 is 16.1 Å². The van der Waals surface area contributed by atoms with Gasteiger partial charge in [-0.15, -0.1) is 0 Å². The highest BCUT2D eigenvalue weighted by Gasteiger charge is 2.52. The Morgan fingerprint density at radius 3 is 2.70 bits per heavy atom. The molecule has 0 radical (unpaired) electrons. The van der Waals surface area contributed by atoms with E-state index in [2.05, 4.69) is 23.0 Å². The maximum Gasteiger partial charge on any atom is 0.344 e. The summed E-state index contributed by atoms with van der Waals surface area (Å²) in [5, 5.41) is 17.3. The Morgan fingerprint density at radius 1 is 1.41 bits per heavy atom. The molecule has 144 valence electrons. The van der Waals surface area contributed by atoms with Gasteiger partial charge in [0.15, 0.2) is 5.11 Å². The van der Waals surface area contributed by atoms with Crippen LogP contribution in [0.4, 0.5) is 16.2 Å². The fourth-order valence-corrected chi connectivity index (χ4v) is 3.66. The molecule has 1 aromatic rings. The number of nitro groups is 1. The number of rotatable bonds is 3. The van der Waals surface area contributed by atoms with Crippen molar-refractivity contribution in [3.05, 3.63) is 33.3 Å². The first-order valence-corrected chi connectivity index (χ1v) is 9.19. The third kappa shape index (κ3) is 3.81. The number of thiocarbonyl (C=S) groups is 1. The van der Waals surface area contributed by atoms with Crippen molar-refractivity contribution in [3.8, 4) is 0 Å². The Bertz CT molecular complexity index is 825. The number of carbonyl (C=O) groups excluding carboxylic acids is 2. The zero-order valence-corrected chi connectivity index (χ0v) is 16.0. The molecule has 1 saturated heterocycles. The van der Waals surface area contributed by atoms with Crippen LogP contribution in [0, 0.1) is 16.0 Å². The lowest BCUT2D eigenvalue weighted by Crippen LogP contribution is -2.52. The molecule has 0 aromatic heterocycles. The van der Waals surface area contributed by atoms with Gasteiger partial charge >= 0.3 is 6.03 Å². The maximum atomic E-state index is 12.8. The fourth-order valence-electron chi connectivity index (χ4n) is 3.29. The number of amides is 3. The van der Waals surface area contributed by atoms with Crippen molar-refractivity contribution in [1.82, 2.24) is 15.8 Å². The number of carbonyl (C=O) groups is 2. The van der Waals surface area contributed by atoms with Crippen molar-refractivity contribution < 1.29 is 14.5 Å². The van der Waals surface area contributed by atoms with Gasteiger partial charge in [-0.05, 0) is 49.9 Å². The third-order valence-corrected chi connectivity index (χ3v) is 5.43. The molecule has 27 heavy (non-hydrogen) atoms. The number of halogens is 1. The molecule has 0 bridgehead atoms. The minimum atomic E-state index is -0.893. The van der Waals surface area contributed by atoms with Gasteiger partial charge in [0.2, 0.25) is 0 Å². The summed E-state index contributed by atoms with van der Waals surface area (Å²) < 4.78 is 0. The van der Waals surface area contributed by atoms with Crippen LogP contribution in [0.1, 0.15) is 32.6 Å². The quantitative estimate of drug-likeness (QED) is 0.303. The summed E-state index contributed by atoms with van der Waals surface area (Å²) in [6.45, 7) is 2.12. The van der Waals surface area contributed by atoms with E-state index in [1.165, 1.54) is 18.2 Å². The number of anilines is 1. The van der Waals surface area contributed by atoms with Gasteiger partial charge in [0.25, 0.3) is 11.6 Å². The third-order valence-electron chi connectivity index (χ3n) is 4.91. The van der Waals surface area contributed by atoms with Crippen LogP contribution in [0.2, 0.25) is 5.02 Å². The van der Waals surface area contributed by atoms with E-state index in [1.54, 1.807) is 0 Å². The van der Waals surface area contributed by atoms with Gasteiger partial charge in [0.1, 0.15) is 5.54 Å². The van der Waals surface area contributed by atoms with Crippen molar-refractivity contribution in [2.24, 2.45) is 5.92 Å². The first-order chi connectivity index (χ1) is 12.7. The molecular weight excluding hydrogens is 394 g/mol. The molecule has 1 aromatic carbocycles. The molecule has 0 atom stereocenters. The van der Waals surface area contributed by atoms with Gasteiger partial charge in [-0.25, -0.2) is 4.79 Å². The molecule has 2 fully saturated rings. The van der Waals surface area contributed by atoms with Crippen LogP contribution in [0.25, 0.3) is 0 Å². The lowest BCUT2D eigenvalue weighted by atomic mass is 9.77. The van der Waals surface area contributed by atoms with E-state index in [1.807, 2.05) is 0 Å². The molecule has 1 aliphatic heterocycles. The highest BCUT2D eigenvalue weighted by atomic mass is 35.5. The number of hydrogen-bond acceptors (Lipinski definition) is 5. The van der Waals surface area contributed by atoms with E-state index in [0.29, 0.717) is 18.8 Å². The molecular formula is C16H18ClN5O4S. The van der Waals surface area contributed by atoms with Gasteiger partial charge in [-0.2, -0.15) is 5.01 Å². The van der Waals surface area contributed by atoms with E-state index in [9.17, 15) is 19.7 Å². The monoisotopic (exact) mass is 411 g/mol. The molecule has 3 rings (SSSR count). The molecule has 1 aliphatic carbocycles. The predicted molar refractivity (Wildman–Crippen MR) is 103 cm³/mol. The number of nitrogens with zero attached hydrogens (tertiary/aromatic N) is 2. The second-order valence-corrected chi connectivity index (χ2v) is 7.64. The average molecular weight is 412 g/mol. The first kappa shape index (κ1) is 19.3. The molecule has 0 unspecified atom stereocenters. The highest BCUT2D eigenvalue weighted by molar-refractivity contribution is 7.80. The second-order valence-electron chi connectivity index (χ2n) is 6.82. The number of hydrogen-bond donors (Lipinski definition) is 3. The van der Waals surface area contributed by atoms with Crippen molar-refractivity contribution in [1.29, 1.82) is 0 Å². The van der Waals surface area contributed by atoms with E-state index in [4.69, 9.17) is 23.8 Å². The number of hydrazine groups is 1. The van der Waals surface area contributed by atoms with Gasteiger partial charge in [-0.1, -0.05) is 18.5 Å². The molecule has 3 amide bonds. The SMILES string of the molecule is CC1CCC2(CC1)NC(=O)N(NC(=S)Nc1cc([N+](=O)[O-])ccc1Cl)C2=O. The summed E-state index contributed by atoms with van der Waals surface area (Å²) >= 11 is 11.1. The summed E-state index contributed by atoms with van der Waals surface area (Å²) in [5.74, 6) is 0.134. The van der Waals surface area contributed by atoms with E-state index in [0.717, 1.165) is 17.9 Å². The molecule has 1 heterocycles. The Balaban J connectivity index is 1.69. The summed E-state index contributed by atoms with van der Waals surface area (Å²) in [4.78, 5) is 35.4. The zero-order valence-electron chi connectivity index (χ0n) is 14.5. The van der Waals surface area contributed by atoms with Gasteiger partial charge in [-0.3, -0.25) is 20.3 Å². The Morgan fingerprint density at radius 2 is 2.07 bits per heavy atom. The van der Waals surface area contributed by atoms with Crippen molar-refractivity contribution in [2.45, 2.75) is 38.1 Å². The topological polar surface area (TPSA) is 117 Å². The number of imide groups is 1. The summed E-state index contributed by atoms with van der Waals surface area (Å²) in [6.07, 6.45) is 2.86. The average Bonchev–Trinajstić information content (AvgIpc) is 2.84. The molecule has 3 N–H and O–H groups in total. The first-order valence-electron chi connectivity index (χ1n) is 8.40. The molecule has 2 aliphatic rings. The van der Waals surface area contributed by atoms with Gasteiger partial charge in [0, 0.05) is 12.1 Å². The normalized spacial score (nSPS) is 24.7. The van der Waals surface area contributed by atoms with Crippen LogP contribution in [-0.2, 0) is 4.79 Å². The zero-order chi connectivity index (χ0) is 19.8. The Kier molecular flexibility index (Phi) is 5.20. The minimum Gasteiger partial charge on any atom is -0.330 e. The fraction of sp³-hybridized carbons (Fsp3) is 0.438. The van der Waals surface area contributed by atoms with E-state index < -0.39 is 16.5 Å². The van der Waals surface area contributed by atoms with Crippen LogP contribution in [0.3, 0.4) is 0 Å². The second kappa shape index (κ2) is 7.28. The van der Waals surface area contributed by atoms with Crippen LogP contribution >= 0.6 is 23.8 Å². The summed E-state index contributed by atoms with van der Waals surface area (Å²) in [7, 11) is 0. The van der Waals surface area contributed by atoms with E-state index >= 15 is 0 Å². The van der Waals surface area contributed by atoms with Gasteiger partial charge < -0.3 is 10.6 Å². The molecule has 11 heteroatoms. The lowest BCUT2D eigenvalue weighted by Gasteiger charge is -2.33. The Labute approximate surface area is 165 Å². The summed E-state index contributed by atoms with van der Waals surface area (Å²) in [5.41, 5.74) is 1.68. The number of nitro benzene ring substituents is 1. The highest BCUT2D eigenvalue weighted by Crippen LogP contribution is 2.35. The standard InChI is InChI=1S/C16H18ClN5O4S/c1-9-4-6-16(7-5-9)13(23)21(15(24)19-16)20-14(27)18-12-8-10(22(25)26)2-3-11(12)17/h2-3,8-9H,4-7H2,1H3,(H,19,24)(H2,18,20,27). The molecule has 9 nitrogen and oxygen atoms in total. The molecule has 1 spiro atoms. The predicted octanol–water partition coefficient (Wildman–Crippen LogP) is 2.95. The lowest BCUT2D eigenvalue weighted by molar-refractivity contribution is -0.384. The number of non-ortho nitro benzene ring substituents is 1. The van der Waals surface area contributed by atoms with Crippen molar-refractivity contribution >= 4 is 52.2 Å². The van der Waals surface area contributed by atoms with Crippen LogP contribution in [0.15, 0.2) is 18.2 Å². The van der Waals surface area contributed by atoms with Crippen molar-refractivity contribution in [2.75, 3.05) is 5.32 Å². The van der Waals surface area contributed by atoms with Crippen LogP contribution in [-0.4, -0.2) is 32.5 Å². The van der Waals surface area contributed by atoms with E-state index in [-0.39, 0.29) is 27.4 Å². The summed E-state index contributed by atoms with van der Waals surface area (Å²) in [6, 6.07) is 3.25. The largest absolute Gasteiger partial charge is 0.344 e.